The van der Waals surface area contributed by atoms with Crippen LogP contribution < -0.4 is 15.4 Å². The van der Waals surface area contributed by atoms with Gasteiger partial charge in [-0.05, 0) is 32.4 Å². The molecule has 0 atom stereocenters. The van der Waals surface area contributed by atoms with Crippen LogP contribution >= 0.6 is 0 Å². The molecule has 4 nitrogen and oxygen atoms in total. The first-order chi connectivity index (χ1) is 8.01. The van der Waals surface area contributed by atoms with Crippen molar-refractivity contribution in [3.63, 3.8) is 0 Å². The highest BCUT2D eigenvalue weighted by atomic mass is 16.5. The van der Waals surface area contributed by atoms with Gasteiger partial charge in [0.1, 0.15) is 0 Å². The molecule has 0 saturated heterocycles. The molecular weight excluding hydrogens is 214 g/mol. The number of nitrogens with one attached hydrogen (secondary N) is 2. The number of nitrogens with zero attached hydrogens (tertiary/aromatic N) is 1. The van der Waals surface area contributed by atoms with E-state index in [-0.39, 0.29) is 5.54 Å². The van der Waals surface area contributed by atoms with Gasteiger partial charge in [0.15, 0.2) is 0 Å². The van der Waals surface area contributed by atoms with Gasteiger partial charge >= 0.3 is 0 Å². The molecule has 0 aliphatic carbocycles. The van der Waals surface area contributed by atoms with Crippen molar-refractivity contribution in [2.45, 2.75) is 32.9 Å². The molecule has 1 aromatic rings. The van der Waals surface area contributed by atoms with Crippen LogP contribution in [0.15, 0.2) is 18.3 Å². The van der Waals surface area contributed by atoms with E-state index in [0.717, 1.165) is 19.6 Å². The Hall–Kier alpha value is -1.13. The lowest BCUT2D eigenvalue weighted by Gasteiger charge is -2.20. The van der Waals surface area contributed by atoms with E-state index in [9.17, 15) is 0 Å². The molecule has 0 bridgehead atoms. The Morgan fingerprint density at radius 1 is 1.29 bits per heavy atom. The molecule has 0 aromatic carbocycles. The molecule has 0 aliphatic rings. The van der Waals surface area contributed by atoms with E-state index in [0.29, 0.717) is 5.88 Å². The summed E-state index contributed by atoms with van der Waals surface area (Å²) in [5, 5.41) is 6.81. The minimum atomic E-state index is 0.182. The minimum Gasteiger partial charge on any atom is -0.481 e. The highest BCUT2D eigenvalue weighted by Crippen LogP contribution is 2.07. The summed E-state index contributed by atoms with van der Waals surface area (Å²) < 4.78 is 5.08. The van der Waals surface area contributed by atoms with Gasteiger partial charge in [0.2, 0.25) is 5.88 Å². The van der Waals surface area contributed by atoms with Crippen LogP contribution in [0.5, 0.6) is 5.88 Å². The third-order valence-corrected chi connectivity index (χ3v) is 2.29. The molecule has 0 saturated carbocycles. The number of ether oxygens (including phenoxy) is 1. The number of rotatable bonds is 6. The summed E-state index contributed by atoms with van der Waals surface area (Å²) in [6.07, 6.45) is 1.77. The van der Waals surface area contributed by atoms with Crippen LogP contribution in [0.3, 0.4) is 0 Å². The highest BCUT2D eigenvalue weighted by molar-refractivity contribution is 5.20. The Bertz CT molecular complexity index is 334. The highest BCUT2D eigenvalue weighted by Gasteiger charge is 2.06. The topological polar surface area (TPSA) is 46.2 Å². The summed E-state index contributed by atoms with van der Waals surface area (Å²) in [5.41, 5.74) is 1.37. The van der Waals surface area contributed by atoms with Crippen molar-refractivity contribution < 1.29 is 4.74 Å². The zero-order valence-electron chi connectivity index (χ0n) is 11.2. The first-order valence-electron chi connectivity index (χ1n) is 5.96. The quantitative estimate of drug-likeness (QED) is 0.737. The zero-order chi connectivity index (χ0) is 12.7. The van der Waals surface area contributed by atoms with E-state index in [2.05, 4.69) is 36.4 Å². The molecule has 0 unspecified atom stereocenters. The molecule has 1 aromatic heterocycles. The van der Waals surface area contributed by atoms with Gasteiger partial charge in [-0.3, -0.25) is 0 Å². The Labute approximate surface area is 104 Å². The van der Waals surface area contributed by atoms with E-state index < -0.39 is 0 Å². The van der Waals surface area contributed by atoms with Crippen molar-refractivity contribution in [1.29, 1.82) is 0 Å². The van der Waals surface area contributed by atoms with E-state index >= 15 is 0 Å². The molecule has 0 radical (unpaired) electrons. The molecule has 1 rings (SSSR count). The largest absolute Gasteiger partial charge is 0.481 e. The van der Waals surface area contributed by atoms with Crippen LogP contribution in [0.25, 0.3) is 0 Å². The van der Waals surface area contributed by atoms with Crippen molar-refractivity contribution in [1.82, 2.24) is 15.6 Å². The number of aromatic nitrogens is 1. The van der Waals surface area contributed by atoms with Gasteiger partial charge in [0.25, 0.3) is 0 Å². The predicted molar refractivity (Wildman–Crippen MR) is 70.3 cm³/mol. The van der Waals surface area contributed by atoms with Gasteiger partial charge in [-0.15, -0.1) is 0 Å². The minimum absolute atomic E-state index is 0.182. The van der Waals surface area contributed by atoms with Crippen LogP contribution in [0.4, 0.5) is 0 Å². The second-order valence-electron chi connectivity index (χ2n) is 5.06. The lowest BCUT2D eigenvalue weighted by molar-refractivity contribution is 0.397. The average Bonchev–Trinajstić information content (AvgIpc) is 2.27. The van der Waals surface area contributed by atoms with Crippen LogP contribution in [-0.2, 0) is 6.54 Å². The fourth-order valence-electron chi connectivity index (χ4n) is 1.43. The molecular formula is C13H23N3O. The molecule has 0 fully saturated rings. The van der Waals surface area contributed by atoms with Crippen LogP contribution in [0.2, 0.25) is 0 Å². The second kappa shape index (κ2) is 6.57. The Morgan fingerprint density at radius 3 is 2.71 bits per heavy atom. The number of hydrogen-bond acceptors (Lipinski definition) is 4. The normalized spacial score (nSPS) is 11.5. The van der Waals surface area contributed by atoms with Gasteiger partial charge in [-0.1, -0.05) is 0 Å². The number of pyridine rings is 1. The van der Waals surface area contributed by atoms with E-state index in [1.54, 1.807) is 13.3 Å². The number of hydrogen-bond donors (Lipinski definition) is 2. The van der Waals surface area contributed by atoms with Crippen LogP contribution in [0.1, 0.15) is 26.3 Å². The summed E-state index contributed by atoms with van der Waals surface area (Å²) >= 11 is 0. The second-order valence-corrected chi connectivity index (χ2v) is 5.06. The molecule has 1 heterocycles. The summed E-state index contributed by atoms with van der Waals surface area (Å²) in [7, 11) is 1.63. The van der Waals surface area contributed by atoms with Gasteiger partial charge in [0.05, 0.1) is 7.11 Å². The van der Waals surface area contributed by atoms with Crippen molar-refractivity contribution in [3.05, 3.63) is 23.9 Å². The van der Waals surface area contributed by atoms with Gasteiger partial charge in [-0.25, -0.2) is 4.98 Å². The Morgan fingerprint density at radius 2 is 2.06 bits per heavy atom. The maximum absolute atomic E-state index is 5.08. The first-order valence-corrected chi connectivity index (χ1v) is 5.96. The fraction of sp³-hybridized carbons (Fsp3) is 0.615. The summed E-state index contributed by atoms with van der Waals surface area (Å²) in [4.78, 5) is 4.07. The maximum Gasteiger partial charge on any atom is 0.213 e. The SMILES string of the molecule is COc1cc(CNCCNC(C)(C)C)ccn1. The van der Waals surface area contributed by atoms with Crippen molar-refractivity contribution in [3.8, 4) is 5.88 Å². The van der Waals surface area contributed by atoms with Gasteiger partial charge in [-0.2, -0.15) is 0 Å². The molecule has 2 N–H and O–H groups in total. The maximum atomic E-state index is 5.08. The van der Waals surface area contributed by atoms with E-state index in [1.807, 2.05) is 12.1 Å². The summed E-state index contributed by atoms with van der Waals surface area (Å²) in [6, 6.07) is 3.94. The first kappa shape index (κ1) is 13.9. The third kappa shape index (κ3) is 6.24. The van der Waals surface area contributed by atoms with Crippen molar-refractivity contribution in [2.75, 3.05) is 20.2 Å². The van der Waals surface area contributed by atoms with Gasteiger partial charge in [0, 0.05) is 37.4 Å². The van der Waals surface area contributed by atoms with Gasteiger partial charge < -0.3 is 15.4 Å². The lowest BCUT2D eigenvalue weighted by atomic mass is 10.1. The molecule has 0 amide bonds. The van der Waals surface area contributed by atoms with Crippen LogP contribution in [0, 0.1) is 0 Å². The van der Waals surface area contributed by atoms with E-state index in [4.69, 9.17) is 4.74 Å². The molecule has 0 spiro atoms. The predicted octanol–water partition coefficient (Wildman–Crippen LogP) is 1.57. The average molecular weight is 237 g/mol. The summed E-state index contributed by atoms with van der Waals surface area (Å²) in [5.74, 6) is 0.664. The van der Waals surface area contributed by atoms with E-state index in [1.165, 1.54) is 5.56 Å². The lowest BCUT2D eigenvalue weighted by Crippen LogP contribution is -2.40. The van der Waals surface area contributed by atoms with Crippen molar-refractivity contribution in [2.24, 2.45) is 0 Å². The molecule has 4 heteroatoms. The monoisotopic (exact) mass is 237 g/mol. The Kier molecular flexibility index (Phi) is 5.38. The zero-order valence-corrected chi connectivity index (χ0v) is 11.2. The fourth-order valence-corrected chi connectivity index (χ4v) is 1.43. The van der Waals surface area contributed by atoms with Crippen LogP contribution in [-0.4, -0.2) is 30.7 Å². The smallest absolute Gasteiger partial charge is 0.213 e. The molecule has 17 heavy (non-hydrogen) atoms. The summed E-state index contributed by atoms with van der Waals surface area (Å²) in [6.45, 7) is 9.25. The van der Waals surface area contributed by atoms with Crippen molar-refractivity contribution >= 4 is 0 Å². The Balaban J connectivity index is 2.22. The third-order valence-electron chi connectivity index (χ3n) is 2.29. The molecule has 96 valence electrons. The standard InChI is InChI=1S/C13H23N3O/c1-13(2,3)16-8-7-14-10-11-5-6-15-12(9-11)17-4/h5-6,9,14,16H,7-8,10H2,1-4H3. The molecule has 0 aliphatic heterocycles. The number of methoxy groups -OCH3 is 1.